The van der Waals surface area contributed by atoms with Crippen LogP contribution >= 0.6 is 0 Å². The summed E-state index contributed by atoms with van der Waals surface area (Å²) in [6.45, 7) is 0.206. The van der Waals surface area contributed by atoms with Crippen molar-refractivity contribution in [3.63, 3.8) is 0 Å². The Morgan fingerprint density at radius 2 is 1.80 bits per heavy atom. The third kappa shape index (κ3) is 6.40. The third-order valence-corrected chi connectivity index (χ3v) is 3.53. The number of anilines is 1. The Kier molecular flexibility index (Phi) is 9.85. The van der Waals surface area contributed by atoms with E-state index in [9.17, 15) is 9.59 Å². The molecule has 0 saturated carbocycles. The predicted octanol–water partition coefficient (Wildman–Crippen LogP) is 1.50. The number of ketones is 1. The number of ether oxygens (including phenoxy) is 2. The molecule has 0 amide bonds. The largest absolute Gasteiger partial charge is 0.497 e. The van der Waals surface area contributed by atoms with E-state index in [2.05, 4.69) is 0 Å². The van der Waals surface area contributed by atoms with Gasteiger partial charge in [-0.3, -0.25) is 4.79 Å². The molecule has 7 nitrogen and oxygen atoms in total. The molecule has 0 spiro atoms. The van der Waals surface area contributed by atoms with Crippen LogP contribution in [0.3, 0.4) is 0 Å². The fourth-order valence-corrected chi connectivity index (χ4v) is 2.34. The van der Waals surface area contributed by atoms with Gasteiger partial charge in [0.05, 0.1) is 25.0 Å². The van der Waals surface area contributed by atoms with E-state index in [0.717, 1.165) is 12.8 Å². The molecule has 0 aromatic heterocycles. The van der Waals surface area contributed by atoms with Gasteiger partial charge in [-0.05, 0) is 37.0 Å². The molecule has 138 valence electrons. The van der Waals surface area contributed by atoms with Crippen molar-refractivity contribution >= 4 is 23.5 Å². The lowest BCUT2D eigenvalue weighted by Gasteiger charge is -2.12. The van der Waals surface area contributed by atoms with Gasteiger partial charge >= 0.3 is 5.97 Å². The Hall–Kier alpha value is -2.64. The number of hydrogen-bond acceptors (Lipinski definition) is 5. The van der Waals surface area contributed by atoms with Crippen LogP contribution in [0.25, 0.3) is 6.08 Å². The summed E-state index contributed by atoms with van der Waals surface area (Å²) < 4.78 is 10.4. The summed E-state index contributed by atoms with van der Waals surface area (Å²) >= 11 is 0. The van der Waals surface area contributed by atoms with Crippen molar-refractivity contribution in [2.24, 2.45) is 0 Å². The fraction of sp³-hybridized carbons (Fsp3) is 0.333. The second-order valence-electron chi connectivity index (χ2n) is 5.27. The van der Waals surface area contributed by atoms with Crippen LogP contribution in [0.15, 0.2) is 30.4 Å². The molecule has 1 heterocycles. The number of allylic oxidation sites excluding steroid dienone is 2. The molecule has 1 aromatic rings. The topological polar surface area (TPSA) is 142 Å². The number of fused-ring (bicyclic) bond motifs is 1. The van der Waals surface area contributed by atoms with Gasteiger partial charge in [-0.15, -0.1) is 0 Å². The van der Waals surface area contributed by atoms with Crippen molar-refractivity contribution in [1.29, 1.82) is 0 Å². The SMILES string of the molecule is COc1cc(N)c2c(c1)/C=C/CCCC(=O)/C=C\CCOC2=O.O.O. The van der Waals surface area contributed by atoms with Crippen LogP contribution in [-0.2, 0) is 9.53 Å². The highest BCUT2D eigenvalue weighted by Gasteiger charge is 2.17. The summed E-state index contributed by atoms with van der Waals surface area (Å²) in [6, 6.07) is 3.36. The zero-order valence-corrected chi connectivity index (χ0v) is 14.2. The van der Waals surface area contributed by atoms with Crippen molar-refractivity contribution in [1.82, 2.24) is 0 Å². The lowest BCUT2D eigenvalue weighted by molar-refractivity contribution is -0.114. The van der Waals surface area contributed by atoms with Crippen LogP contribution in [-0.4, -0.2) is 36.4 Å². The summed E-state index contributed by atoms with van der Waals surface area (Å²) in [4.78, 5) is 23.9. The molecule has 0 bridgehead atoms. The zero-order valence-electron chi connectivity index (χ0n) is 14.2. The number of carbonyl (C=O) groups is 2. The molecule has 0 saturated heterocycles. The van der Waals surface area contributed by atoms with Crippen molar-refractivity contribution in [3.8, 4) is 5.75 Å². The van der Waals surface area contributed by atoms with E-state index >= 15 is 0 Å². The second-order valence-corrected chi connectivity index (χ2v) is 5.27. The van der Waals surface area contributed by atoms with Crippen molar-refractivity contribution in [2.45, 2.75) is 25.7 Å². The van der Waals surface area contributed by atoms with Crippen LogP contribution in [0.2, 0.25) is 0 Å². The maximum absolute atomic E-state index is 12.3. The Morgan fingerprint density at radius 3 is 2.52 bits per heavy atom. The van der Waals surface area contributed by atoms with E-state index in [1.54, 1.807) is 31.4 Å². The van der Waals surface area contributed by atoms with Crippen LogP contribution in [0.4, 0.5) is 5.69 Å². The van der Waals surface area contributed by atoms with E-state index in [0.29, 0.717) is 35.4 Å². The Morgan fingerprint density at radius 1 is 1.08 bits per heavy atom. The third-order valence-electron chi connectivity index (χ3n) is 3.53. The highest BCUT2D eigenvalue weighted by molar-refractivity contribution is 5.99. The zero-order chi connectivity index (χ0) is 16.7. The molecular formula is C18H25NO6. The smallest absolute Gasteiger partial charge is 0.340 e. The van der Waals surface area contributed by atoms with Gasteiger partial charge in [-0.1, -0.05) is 18.2 Å². The molecule has 0 atom stereocenters. The first-order valence-electron chi connectivity index (χ1n) is 7.62. The van der Waals surface area contributed by atoms with Gasteiger partial charge in [0.2, 0.25) is 0 Å². The normalized spacial score (nSPS) is 17.6. The lowest BCUT2D eigenvalue weighted by Crippen LogP contribution is -2.11. The molecule has 25 heavy (non-hydrogen) atoms. The van der Waals surface area contributed by atoms with Crippen LogP contribution < -0.4 is 10.5 Å². The molecule has 1 aliphatic heterocycles. The van der Waals surface area contributed by atoms with Crippen molar-refractivity contribution in [2.75, 3.05) is 19.5 Å². The quantitative estimate of drug-likeness (QED) is 0.602. The molecule has 0 aliphatic carbocycles. The van der Waals surface area contributed by atoms with Crippen molar-refractivity contribution in [3.05, 3.63) is 41.5 Å². The van der Waals surface area contributed by atoms with Gasteiger partial charge in [-0.2, -0.15) is 0 Å². The minimum absolute atomic E-state index is 0. The molecule has 2 rings (SSSR count). The second kappa shape index (κ2) is 11.0. The Bertz CT molecular complexity index is 651. The standard InChI is InChI=1S/C18H21NO4.2H2O/c1-22-15-11-13-7-3-2-4-8-14(20)9-5-6-10-23-18(21)17(13)16(19)12-15;;/h3,5,7,9,11-12H,2,4,6,8,10,19H2,1H3;2*1H2/b7-3+,9-5-;;. The molecule has 6 N–H and O–H groups in total. The molecular weight excluding hydrogens is 326 g/mol. The van der Waals surface area contributed by atoms with E-state index in [4.69, 9.17) is 15.2 Å². The van der Waals surface area contributed by atoms with Gasteiger partial charge in [0.1, 0.15) is 5.75 Å². The maximum Gasteiger partial charge on any atom is 0.340 e. The number of hydrogen-bond donors (Lipinski definition) is 1. The fourth-order valence-electron chi connectivity index (χ4n) is 2.34. The minimum Gasteiger partial charge on any atom is -0.497 e. The van der Waals surface area contributed by atoms with E-state index in [-0.39, 0.29) is 23.3 Å². The minimum atomic E-state index is -0.471. The molecule has 1 aromatic carbocycles. The summed E-state index contributed by atoms with van der Waals surface area (Å²) in [5.74, 6) is 0.201. The number of carbonyl (C=O) groups excluding carboxylic acids is 2. The number of nitrogen functional groups attached to an aromatic ring is 1. The number of nitrogens with two attached hydrogens (primary N) is 1. The summed E-state index contributed by atoms with van der Waals surface area (Å²) in [5, 5.41) is 0. The summed E-state index contributed by atoms with van der Waals surface area (Å²) in [7, 11) is 1.55. The summed E-state index contributed by atoms with van der Waals surface area (Å²) in [6.07, 6.45) is 9.54. The van der Waals surface area contributed by atoms with E-state index in [1.807, 2.05) is 12.2 Å². The molecule has 7 heteroatoms. The van der Waals surface area contributed by atoms with Crippen LogP contribution in [0, 0.1) is 0 Å². The van der Waals surface area contributed by atoms with E-state index < -0.39 is 5.97 Å². The Balaban J connectivity index is 0.00000288. The molecule has 1 aliphatic rings. The Labute approximate surface area is 146 Å². The maximum atomic E-state index is 12.3. The monoisotopic (exact) mass is 351 g/mol. The molecule has 0 unspecified atom stereocenters. The first-order chi connectivity index (χ1) is 11.1. The first kappa shape index (κ1) is 22.4. The number of methoxy groups -OCH3 is 1. The first-order valence-corrected chi connectivity index (χ1v) is 7.62. The molecule has 0 fully saturated rings. The van der Waals surface area contributed by atoms with Gasteiger partial charge in [0.15, 0.2) is 5.78 Å². The number of rotatable bonds is 1. The number of benzene rings is 1. The average Bonchev–Trinajstić information content (AvgIpc) is 2.52. The van der Waals surface area contributed by atoms with Crippen molar-refractivity contribution < 1.29 is 30.0 Å². The van der Waals surface area contributed by atoms with Crippen LogP contribution in [0.5, 0.6) is 5.75 Å². The van der Waals surface area contributed by atoms with Gasteiger partial charge < -0.3 is 26.2 Å². The van der Waals surface area contributed by atoms with E-state index in [1.165, 1.54) is 0 Å². The average molecular weight is 351 g/mol. The highest BCUT2D eigenvalue weighted by atomic mass is 16.5. The van der Waals surface area contributed by atoms with Crippen LogP contribution in [0.1, 0.15) is 41.6 Å². The van der Waals surface area contributed by atoms with Gasteiger partial charge in [0.25, 0.3) is 0 Å². The van der Waals surface area contributed by atoms with Gasteiger partial charge in [-0.25, -0.2) is 4.79 Å². The number of esters is 1. The lowest BCUT2D eigenvalue weighted by atomic mass is 10.0. The number of cyclic esters (lactones) is 1. The predicted molar refractivity (Wildman–Crippen MR) is 96.6 cm³/mol. The molecule has 0 radical (unpaired) electrons. The highest BCUT2D eigenvalue weighted by Crippen LogP contribution is 2.27. The van der Waals surface area contributed by atoms with Gasteiger partial charge in [0, 0.05) is 12.5 Å². The summed E-state index contributed by atoms with van der Waals surface area (Å²) in [5.41, 5.74) is 7.32.